The first-order valence-electron chi connectivity index (χ1n) is 7.77. The third-order valence-corrected chi connectivity index (χ3v) is 3.52. The zero-order chi connectivity index (χ0) is 20.0. The van der Waals surface area contributed by atoms with E-state index in [4.69, 9.17) is 14.2 Å². The summed E-state index contributed by atoms with van der Waals surface area (Å²) in [5.74, 6) is -3.47. The number of hydrogen-bond acceptors (Lipinski definition) is 6. The Morgan fingerprint density at radius 3 is 2.22 bits per heavy atom. The van der Waals surface area contributed by atoms with Crippen molar-refractivity contribution in [3.63, 3.8) is 0 Å². The van der Waals surface area contributed by atoms with Gasteiger partial charge in [-0.1, -0.05) is 0 Å². The van der Waals surface area contributed by atoms with Gasteiger partial charge in [0.15, 0.2) is 47.9 Å². The number of carbonyl (C=O) groups excluding carboxylic acids is 3. The van der Waals surface area contributed by atoms with E-state index in [1.54, 1.807) is 0 Å². The van der Waals surface area contributed by atoms with Gasteiger partial charge in [-0.05, 0) is 43.3 Å². The van der Waals surface area contributed by atoms with Crippen LogP contribution >= 0.6 is 0 Å². The molecule has 27 heavy (non-hydrogen) atoms. The van der Waals surface area contributed by atoms with Crippen molar-refractivity contribution >= 4 is 17.5 Å². The molecule has 0 saturated carbocycles. The number of Topliss-reactive ketones (excluding diaryl/α,β-unsaturated/α-hetero) is 2. The number of carbonyl (C=O) groups is 3. The van der Waals surface area contributed by atoms with Gasteiger partial charge in [0, 0.05) is 11.1 Å². The summed E-state index contributed by atoms with van der Waals surface area (Å²) < 4.78 is 41.1. The molecule has 0 fully saturated rings. The van der Waals surface area contributed by atoms with E-state index >= 15 is 0 Å². The van der Waals surface area contributed by atoms with Crippen molar-refractivity contribution in [2.75, 3.05) is 20.3 Å². The molecule has 8 heteroatoms. The van der Waals surface area contributed by atoms with Gasteiger partial charge in [0.05, 0.1) is 7.11 Å². The lowest BCUT2D eigenvalue weighted by atomic mass is 10.1. The number of esters is 1. The molecule has 2 rings (SSSR count). The molecule has 0 unspecified atom stereocenters. The molecule has 0 aromatic heterocycles. The molecule has 0 spiro atoms. The maximum absolute atomic E-state index is 13.1. The standard InChI is InChI=1S/C19H16F2O6/c1-11(22)12-4-6-17(18(8-12)25-2)26-10-19(24)27-9-16(23)13-3-5-14(20)15(21)7-13/h3-8H,9-10H2,1-2H3. The van der Waals surface area contributed by atoms with Gasteiger partial charge in [-0.2, -0.15) is 0 Å². The first kappa shape index (κ1) is 20.0. The van der Waals surface area contributed by atoms with Crippen molar-refractivity contribution < 1.29 is 37.4 Å². The second kappa shape index (κ2) is 8.88. The predicted molar refractivity (Wildman–Crippen MR) is 90.1 cm³/mol. The largest absolute Gasteiger partial charge is 0.493 e. The lowest BCUT2D eigenvalue weighted by molar-refractivity contribution is -0.144. The second-order valence-electron chi connectivity index (χ2n) is 5.42. The van der Waals surface area contributed by atoms with Crippen molar-refractivity contribution in [2.24, 2.45) is 0 Å². The van der Waals surface area contributed by atoms with Crippen LogP contribution in [0.3, 0.4) is 0 Å². The molecule has 0 aliphatic heterocycles. The summed E-state index contributed by atoms with van der Waals surface area (Å²) in [5, 5.41) is 0. The Morgan fingerprint density at radius 1 is 0.889 bits per heavy atom. The Balaban J connectivity index is 1.90. The highest BCUT2D eigenvalue weighted by atomic mass is 19.2. The Hall–Kier alpha value is -3.29. The maximum atomic E-state index is 13.1. The van der Waals surface area contributed by atoms with E-state index in [0.717, 1.165) is 18.2 Å². The summed E-state index contributed by atoms with van der Waals surface area (Å²) in [6.07, 6.45) is 0. The number of hydrogen-bond donors (Lipinski definition) is 0. The molecule has 0 saturated heterocycles. The molecular weight excluding hydrogens is 362 g/mol. The lowest BCUT2D eigenvalue weighted by Crippen LogP contribution is -2.19. The number of ketones is 2. The van der Waals surface area contributed by atoms with Crippen molar-refractivity contribution in [1.29, 1.82) is 0 Å². The topological polar surface area (TPSA) is 78.9 Å². The van der Waals surface area contributed by atoms with Crippen LogP contribution in [0.4, 0.5) is 8.78 Å². The SMILES string of the molecule is COc1cc(C(C)=O)ccc1OCC(=O)OCC(=O)c1ccc(F)c(F)c1. The summed E-state index contributed by atoms with van der Waals surface area (Å²) in [4.78, 5) is 34.9. The highest BCUT2D eigenvalue weighted by molar-refractivity contribution is 5.98. The summed E-state index contributed by atoms with van der Waals surface area (Å²) in [7, 11) is 1.38. The molecule has 142 valence electrons. The monoisotopic (exact) mass is 378 g/mol. The van der Waals surface area contributed by atoms with E-state index in [9.17, 15) is 23.2 Å². The third kappa shape index (κ3) is 5.34. The number of rotatable bonds is 8. The van der Waals surface area contributed by atoms with E-state index in [2.05, 4.69) is 0 Å². The average Bonchev–Trinajstić information content (AvgIpc) is 2.66. The van der Waals surface area contributed by atoms with Gasteiger partial charge >= 0.3 is 5.97 Å². The van der Waals surface area contributed by atoms with Gasteiger partial charge < -0.3 is 14.2 Å². The summed E-state index contributed by atoms with van der Waals surface area (Å²) >= 11 is 0. The molecule has 0 atom stereocenters. The Kier molecular flexibility index (Phi) is 6.59. The second-order valence-corrected chi connectivity index (χ2v) is 5.42. The summed E-state index contributed by atoms with van der Waals surface area (Å²) in [5.41, 5.74) is 0.294. The molecule has 0 N–H and O–H groups in total. The number of ether oxygens (including phenoxy) is 3. The fourth-order valence-electron chi connectivity index (χ4n) is 2.08. The minimum atomic E-state index is -1.17. The molecule has 0 heterocycles. The van der Waals surface area contributed by atoms with Gasteiger partial charge in [0.25, 0.3) is 0 Å². The van der Waals surface area contributed by atoms with Gasteiger partial charge in [-0.3, -0.25) is 9.59 Å². The molecule has 2 aromatic carbocycles. The van der Waals surface area contributed by atoms with E-state index in [1.807, 2.05) is 0 Å². The molecule has 0 amide bonds. The molecule has 0 aliphatic carbocycles. The summed E-state index contributed by atoms with van der Waals surface area (Å²) in [6.45, 7) is 0.241. The first-order chi connectivity index (χ1) is 12.8. The minimum absolute atomic E-state index is 0.121. The van der Waals surface area contributed by atoms with Crippen LogP contribution in [0.1, 0.15) is 27.6 Å². The van der Waals surface area contributed by atoms with Gasteiger partial charge in [-0.25, -0.2) is 13.6 Å². The van der Waals surface area contributed by atoms with E-state index in [1.165, 1.54) is 32.2 Å². The highest BCUT2D eigenvalue weighted by Gasteiger charge is 2.14. The van der Waals surface area contributed by atoms with Crippen LogP contribution in [0.25, 0.3) is 0 Å². The van der Waals surface area contributed by atoms with Crippen LogP contribution in [-0.4, -0.2) is 37.9 Å². The Labute approximate surface area is 153 Å². The first-order valence-corrected chi connectivity index (χ1v) is 7.77. The number of halogens is 2. The highest BCUT2D eigenvalue weighted by Crippen LogP contribution is 2.28. The minimum Gasteiger partial charge on any atom is -0.493 e. The van der Waals surface area contributed by atoms with Crippen LogP contribution in [0.5, 0.6) is 11.5 Å². The quantitative estimate of drug-likeness (QED) is 0.519. The average molecular weight is 378 g/mol. The number of methoxy groups -OCH3 is 1. The van der Waals surface area contributed by atoms with E-state index in [0.29, 0.717) is 5.56 Å². The zero-order valence-corrected chi connectivity index (χ0v) is 14.6. The fraction of sp³-hybridized carbons (Fsp3) is 0.211. The molecule has 0 bridgehead atoms. The van der Waals surface area contributed by atoms with Gasteiger partial charge in [-0.15, -0.1) is 0 Å². The van der Waals surface area contributed by atoms with Crippen LogP contribution in [0.2, 0.25) is 0 Å². The molecular formula is C19H16F2O6. The number of benzene rings is 2. The van der Waals surface area contributed by atoms with Crippen LogP contribution in [0, 0.1) is 11.6 Å². The predicted octanol–water partition coefficient (Wildman–Crippen LogP) is 2.98. The van der Waals surface area contributed by atoms with Crippen molar-refractivity contribution in [3.8, 4) is 11.5 Å². The smallest absolute Gasteiger partial charge is 0.344 e. The van der Waals surface area contributed by atoms with Crippen molar-refractivity contribution in [3.05, 3.63) is 59.2 Å². The Morgan fingerprint density at radius 2 is 1.59 bits per heavy atom. The normalized spacial score (nSPS) is 10.2. The lowest BCUT2D eigenvalue weighted by Gasteiger charge is -2.11. The zero-order valence-electron chi connectivity index (χ0n) is 14.6. The van der Waals surface area contributed by atoms with Crippen LogP contribution < -0.4 is 9.47 Å². The van der Waals surface area contributed by atoms with Crippen LogP contribution in [-0.2, 0) is 9.53 Å². The van der Waals surface area contributed by atoms with E-state index in [-0.39, 0.29) is 22.8 Å². The third-order valence-electron chi connectivity index (χ3n) is 3.52. The molecule has 2 aromatic rings. The molecule has 0 aliphatic rings. The van der Waals surface area contributed by atoms with Crippen molar-refractivity contribution in [1.82, 2.24) is 0 Å². The fourth-order valence-corrected chi connectivity index (χ4v) is 2.08. The van der Waals surface area contributed by atoms with Crippen molar-refractivity contribution in [2.45, 2.75) is 6.92 Å². The summed E-state index contributed by atoms with van der Waals surface area (Å²) in [6, 6.07) is 7.07. The molecule has 0 radical (unpaired) electrons. The maximum Gasteiger partial charge on any atom is 0.344 e. The van der Waals surface area contributed by atoms with E-state index < -0.39 is 36.6 Å². The van der Waals surface area contributed by atoms with Gasteiger partial charge in [0.1, 0.15) is 0 Å². The van der Waals surface area contributed by atoms with Crippen LogP contribution in [0.15, 0.2) is 36.4 Å². The van der Waals surface area contributed by atoms with Gasteiger partial charge in [0.2, 0.25) is 0 Å². The Bertz CT molecular complexity index is 878. The molecule has 6 nitrogen and oxygen atoms in total.